The fourth-order valence-electron chi connectivity index (χ4n) is 5.77. The van der Waals surface area contributed by atoms with Crippen molar-refractivity contribution in [1.29, 1.82) is 0 Å². The van der Waals surface area contributed by atoms with Crippen molar-refractivity contribution >= 4 is 51.4 Å². The maximum absolute atomic E-state index is 13.4. The number of hydrogen-bond donors (Lipinski definition) is 7. The standard InChI is InChI=1S/C34H39N7O9/c1-40-26-7-6-20(14-23(26)31(46)30(34(40)49)33(48)38-19-29(44)45)16-36-28(43)18-37-32(47)25(15-21-17-35-24-5-3-2-4-22(21)24)39-27(42)8-9-41-10-12-50-13-11-41/h2-7,14,17,25,35,46H,8-13,15-16,18-19H2,1H3,(H,36,43)(H,37,47)(H,38,48)(H,39,42)(H,44,45)/t25-/m0/s1. The lowest BCUT2D eigenvalue weighted by Crippen LogP contribution is -2.50. The van der Waals surface area contributed by atoms with Gasteiger partial charge in [0, 0.05) is 68.6 Å². The van der Waals surface area contributed by atoms with Crippen LogP contribution in [0.5, 0.6) is 5.75 Å². The normalized spacial score (nSPS) is 13.9. The van der Waals surface area contributed by atoms with E-state index in [-0.39, 0.29) is 37.2 Å². The first-order chi connectivity index (χ1) is 24.0. The van der Waals surface area contributed by atoms with Gasteiger partial charge in [-0.2, -0.15) is 0 Å². The summed E-state index contributed by atoms with van der Waals surface area (Å²) in [6.45, 7) is 2.06. The fourth-order valence-corrected chi connectivity index (χ4v) is 5.77. The SMILES string of the molecule is Cn1c(=O)c(C(=O)NCC(=O)O)c(O)c2cc(CNC(=O)CNC(=O)[C@H](Cc3c[nH]c4ccccc34)NC(=O)CCN3CCOCC3)ccc21. The monoisotopic (exact) mass is 689 g/mol. The van der Waals surface area contributed by atoms with Gasteiger partial charge in [0.05, 0.1) is 25.3 Å². The number of aromatic amines is 1. The number of morpholine rings is 1. The highest BCUT2D eigenvalue weighted by Gasteiger charge is 2.25. The molecule has 1 saturated heterocycles. The van der Waals surface area contributed by atoms with E-state index in [4.69, 9.17) is 9.84 Å². The number of carbonyl (C=O) groups excluding carboxylic acids is 4. The third-order valence-electron chi connectivity index (χ3n) is 8.48. The number of pyridine rings is 1. The highest BCUT2D eigenvalue weighted by Crippen LogP contribution is 2.27. The minimum absolute atomic E-state index is 0.0233. The van der Waals surface area contributed by atoms with E-state index in [1.54, 1.807) is 12.3 Å². The lowest BCUT2D eigenvalue weighted by molar-refractivity contribution is -0.135. The Morgan fingerprint density at radius 1 is 0.960 bits per heavy atom. The topological polar surface area (TPSA) is 224 Å². The van der Waals surface area contributed by atoms with Gasteiger partial charge in [0.15, 0.2) is 0 Å². The summed E-state index contributed by atoms with van der Waals surface area (Å²) in [7, 11) is 1.40. The number of amides is 4. The number of carboxylic acids is 1. The molecule has 1 aliphatic rings. The zero-order valence-corrected chi connectivity index (χ0v) is 27.4. The molecule has 1 atom stereocenters. The molecule has 0 spiro atoms. The van der Waals surface area contributed by atoms with Crippen LogP contribution in [-0.2, 0) is 43.9 Å². The average molecular weight is 690 g/mol. The van der Waals surface area contributed by atoms with E-state index in [2.05, 4.69) is 31.2 Å². The van der Waals surface area contributed by atoms with Crippen LogP contribution in [0, 0.1) is 0 Å². The van der Waals surface area contributed by atoms with E-state index in [1.165, 1.54) is 19.2 Å². The molecule has 0 saturated carbocycles. The third-order valence-corrected chi connectivity index (χ3v) is 8.48. The van der Waals surface area contributed by atoms with Crippen LogP contribution < -0.4 is 26.8 Å². The molecule has 16 heteroatoms. The minimum Gasteiger partial charge on any atom is -0.506 e. The number of aromatic nitrogens is 2. The number of nitrogens with zero attached hydrogens (tertiary/aromatic N) is 2. The molecule has 0 bridgehead atoms. The van der Waals surface area contributed by atoms with Crippen molar-refractivity contribution in [3.05, 3.63) is 75.7 Å². The first-order valence-electron chi connectivity index (χ1n) is 16.0. The summed E-state index contributed by atoms with van der Waals surface area (Å²) in [5.74, 6) is -4.34. The quantitative estimate of drug-likeness (QED) is 0.0917. The summed E-state index contributed by atoms with van der Waals surface area (Å²) in [6, 6.07) is 11.3. The second-order valence-electron chi connectivity index (χ2n) is 11.9. The number of carboxylic acid groups (broad SMARTS) is 1. The summed E-state index contributed by atoms with van der Waals surface area (Å²) in [5, 5.41) is 30.9. The van der Waals surface area contributed by atoms with Crippen molar-refractivity contribution in [3.63, 3.8) is 0 Å². The Balaban J connectivity index is 1.22. The number of hydrogen-bond acceptors (Lipinski definition) is 9. The van der Waals surface area contributed by atoms with Crippen LogP contribution in [0.15, 0.2) is 53.5 Å². The number of carbonyl (C=O) groups is 5. The van der Waals surface area contributed by atoms with Crippen LogP contribution in [0.4, 0.5) is 0 Å². The lowest BCUT2D eigenvalue weighted by atomic mass is 10.0. The Hall–Kier alpha value is -5.74. The molecule has 3 heterocycles. The van der Waals surface area contributed by atoms with E-state index < -0.39 is 53.1 Å². The second kappa shape index (κ2) is 16.1. The van der Waals surface area contributed by atoms with E-state index in [9.17, 15) is 33.9 Å². The number of rotatable bonds is 14. The van der Waals surface area contributed by atoms with Gasteiger partial charge < -0.3 is 45.8 Å². The number of aromatic hydroxyl groups is 1. The van der Waals surface area contributed by atoms with E-state index in [0.29, 0.717) is 30.8 Å². The smallest absolute Gasteiger partial charge is 0.322 e. The zero-order chi connectivity index (χ0) is 35.8. The largest absolute Gasteiger partial charge is 0.506 e. The number of fused-ring (bicyclic) bond motifs is 2. The van der Waals surface area contributed by atoms with Crippen LogP contribution in [0.2, 0.25) is 0 Å². The molecule has 4 aromatic rings. The Kier molecular flexibility index (Phi) is 11.5. The zero-order valence-electron chi connectivity index (χ0n) is 27.4. The number of nitrogens with one attached hydrogen (secondary N) is 5. The van der Waals surface area contributed by atoms with Crippen LogP contribution in [0.25, 0.3) is 21.8 Å². The average Bonchev–Trinajstić information content (AvgIpc) is 3.53. The molecule has 16 nitrogen and oxygen atoms in total. The van der Waals surface area contributed by atoms with Crippen molar-refractivity contribution in [3.8, 4) is 5.75 Å². The lowest BCUT2D eigenvalue weighted by Gasteiger charge is -2.26. The van der Waals surface area contributed by atoms with Crippen molar-refractivity contribution in [2.75, 3.05) is 45.9 Å². The molecule has 50 heavy (non-hydrogen) atoms. The number of aryl methyl sites for hydroxylation is 1. The molecule has 5 rings (SSSR count). The number of H-pyrrole nitrogens is 1. The molecule has 0 radical (unpaired) electrons. The first kappa shape index (κ1) is 35.6. The Morgan fingerprint density at radius 3 is 2.48 bits per heavy atom. The van der Waals surface area contributed by atoms with Gasteiger partial charge in [-0.15, -0.1) is 0 Å². The van der Waals surface area contributed by atoms with Crippen molar-refractivity contribution in [2.24, 2.45) is 7.05 Å². The summed E-state index contributed by atoms with van der Waals surface area (Å²) in [4.78, 5) is 80.5. The molecule has 0 aliphatic carbocycles. The Labute approximate surface area is 285 Å². The highest BCUT2D eigenvalue weighted by molar-refractivity contribution is 6.03. The Bertz CT molecular complexity index is 1980. The van der Waals surface area contributed by atoms with Gasteiger partial charge in [0.25, 0.3) is 11.5 Å². The van der Waals surface area contributed by atoms with E-state index in [1.807, 2.05) is 24.3 Å². The van der Waals surface area contributed by atoms with Crippen LogP contribution >= 0.6 is 0 Å². The molecular weight excluding hydrogens is 650 g/mol. The summed E-state index contributed by atoms with van der Waals surface area (Å²) in [6.07, 6.45) is 2.19. The van der Waals surface area contributed by atoms with Gasteiger partial charge in [-0.1, -0.05) is 24.3 Å². The minimum atomic E-state index is -1.32. The van der Waals surface area contributed by atoms with Gasteiger partial charge >= 0.3 is 5.97 Å². The number of ether oxygens (including phenoxy) is 1. The van der Waals surface area contributed by atoms with Gasteiger partial charge in [-0.05, 0) is 29.3 Å². The maximum Gasteiger partial charge on any atom is 0.322 e. The molecule has 1 aliphatic heterocycles. The molecular formula is C34H39N7O9. The molecule has 0 unspecified atom stereocenters. The molecule has 264 valence electrons. The third kappa shape index (κ3) is 8.64. The second-order valence-corrected chi connectivity index (χ2v) is 11.9. The van der Waals surface area contributed by atoms with E-state index in [0.717, 1.165) is 34.1 Å². The Morgan fingerprint density at radius 2 is 1.72 bits per heavy atom. The predicted octanol–water partition coefficient (Wildman–Crippen LogP) is -0.278. The van der Waals surface area contributed by atoms with Gasteiger partial charge in [0.2, 0.25) is 17.7 Å². The molecule has 4 amide bonds. The first-order valence-corrected chi connectivity index (χ1v) is 16.0. The summed E-state index contributed by atoms with van der Waals surface area (Å²) >= 11 is 0. The van der Waals surface area contributed by atoms with Crippen molar-refractivity contribution in [1.82, 2.24) is 35.7 Å². The van der Waals surface area contributed by atoms with Gasteiger partial charge in [0.1, 0.15) is 23.9 Å². The number of benzene rings is 2. The maximum atomic E-state index is 13.4. The molecule has 1 fully saturated rings. The molecule has 7 N–H and O–H groups in total. The number of para-hydroxylation sites is 1. The molecule has 2 aromatic carbocycles. The van der Waals surface area contributed by atoms with Crippen LogP contribution in [-0.4, -0.2) is 106 Å². The summed E-state index contributed by atoms with van der Waals surface area (Å²) in [5.41, 5.74) is 1.11. The van der Waals surface area contributed by atoms with Gasteiger partial charge in [-0.25, -0.2) is 0 Å². The van der Waals surface area contributed by atoms with Gasteiger partial charge in [-0.3, -0.25) is 33.7 Å². The van der Waals surface area contributed by atoms with Crippen molar-refractivity contribution in [2.45, 2.75) is 25.4 Å². The highest BCUT2D eigenvalue weighted by atomic mass is 16.5. The summed E-state index contributed by atoms with van der Waals surface area (Å²) < 4.78 is 6.51. The number of aliphatic carboxylic acids is 1. The van der Waals surface area contributed by atoms with Crippen LogP contribution in [0.1, 0.15) is 27.9 Å². The molecule has 2 aromatic heterocycles. The van der Waals surface area contributed by atoms with Crippen LogP contribution in [0.3, 0.4) is 0 Å². The van der Waals surface area contributed by atoms with Crippen molar-refractivity contribution < 1.29 is 38.9 Å². The predicted molar refractivity (Wildman–Crippen MR) is 181 cm³/mol. The fraction of sp³-hybridized carbons (Fsp3) is 0.353. The van der Waals surface area contributed by atoms with E-state index >= 15 is 0 Å².